The molecule has 0 bridgehead atoms. The van der Waals surface area contributed by atoms with Crippen LogP contribution in [-0.4, -0.2) is 6.16 Å². The van der Waals surface area contributed by atoms with Gasteiger partial charge in [0.2, 0.25) is 0 Å². The second-order valence-electron chi connectivity index (χ2n) is 6.57. The fourth-order valence-corrected chi connectivity index (χ4v) is 6.23. The molecule has 0 fully saturated rings. The van der Waals surface area contributed by atoms with E-state index in [4.69, 9.17) is 0 Å². The summed E-state index contributed by atoms with van der Waals surface area (Å²) in [6.45, 7) is 7.14. The van der Waals surface area contributed by atoms with E-state index in [9.17, 15) is 0 Å². The van der Waals surface area contributed by atoms with Gasteiger partial charge in [0.05, 0.1) is 0 Å². The third kappa shape index (κ3) is 4.68. The van der Waals surface area contributed by atoms with Gasteiger partial charge in [-0.15, -0.1) is 0 Å². The van der Waals surface area contributed by atoms with Crippen LogP contribution < -0.4 is 10.6 Å². The van der Waals surface area contributed by atoms with Crippen molar-refractivity contribution in [2.75, 3.05) is 6.16 Å². The van der Waals surface area contributed by atoms with Gasteiger partial charge >= 0.3 is 0 Å². The summed E-state index contributed by atoms with van der Waals surface area (Å²) in [5.41, 5.74) is 0.459. The molecule has 0 unspecified atom stereocenters. The Hall–Kier alpha value is -1.13. The normalized spacial score (nSPS) is 11.8. The molecule has 0 spiro atoms. The summed E-state index contributed by atoms with van der Waals surface area (Å²) in [5, 5.41) is 3.03. The van der Waals surface area contributed by atoms with Crippen LogP contribution in [0.1, 0.15) is 46.5 Å². The maximum Gasteiger partial charge on any atom is -0.0191 e. The summed E-state index contributed by atoms with van der Waals surface area (Å²) in [6, 6.07) is 22.3. The zero-order valence-corrected chi connectivity index (χ0v) is 15.2. The van der Waals surface area contributed by atoms with E-state index >= 15 is 0 Å². The highest BCUT2D eigenvalue weighted by molar-refractivity contribution is 7.73. The number of benzene rings is 2. The largest absolute Gasteiger partial charge is 0.0654 e. The summed E-state index contributed by atoms with van der Waals surface area (Å²) in [5.74, 6) is 0. The van der Waals surface area contributed by atoms with Gasteiger partial charge in [0, 0.05) is 0 Å². The van der Waals surface area contributed by atoms with E-state index in [1.807, 2.05) is 0 Å². The molecule has 118 valence electrons. The Kier molecular flexibility index (Phi) is 6.65. The summed E-state index contributed by atoms with van der Waals surface area (Å²) in [7, 11) is -0.262. The second kappa shape index (κ2) is 8.49. The molecule has 0 radical (unpaired) electrons. The van der Waals surface area contributed by atoms with Crippen molar-refractivity contribution in [1.82, 2.24) is 0 Å². The lowest BCUT2D eigenvalue weighted by molar-refractivity contribution is 0.308. The fraction of sp³-hybridized carbons (Fsp3) is 0.429. The van der Waals surface area contributed by atoms with E-state index in [2.05, 4.69) is 81.4 Å². The molecule has 2 aromatic carbocycles. The van der Waals surface area contributed by atoms with Crippen LogP contribution in [0.25, 0.3) is 0 Å². The molecule has 0 saturated heterocycles. The topological polar surface area (TPSA) is 0 Å². The third-order valence-corrected chi connectivity index (χ3v) is 7.31. The Morgan fingerprint density at radius 2 is 1.14 bits per heavy atom. The zero-order chi connectivity index (χ0) is 15.8. The molecule has 0 heterocycles. The van der Waals surface area contributed by atoms with Gasteiger partial charge in [-0.3, -0.25) is 0 Å². The van der Waals surface area contributed by atoms with Crippen LogP contribution in [0, 0.1) is 5.41 Å². The number of rotatable bonds is 8. The van der Waals surface area contributed by atoms with Gasteiger partial charge in [-0.05, 0) is 42.9 Å². The van der Waals surface area contributed by atoms with Gasteiger partial charge in [-0.1, -0.05) is 94.3 Å². The molecular formula is C21H29P. The lowest BCUT2D eigenvalue weighted by Gasteiger charge is -2.34. The van der Waals surface area contributed by atoms with Crippen molar-refractivity contribution in [1.29, 1.82) is 0 Å². The molecule has 0 amide bonds. The van der Waals surface area contributed by atoms with Gasteiger partial charge in [-0.2, -0.15) is 0 Å². The summed E-state index contributed by atoms with van der Waals surface area (Å²) in [6.07, 6.45) is 6.53. The summed E-state index contributed by atoms with van der Waals surface area (Å²) >= 11 is 0. The van der Waals surface area contributed by atoms with E-state index in [1.54, 1.807) is 0 Å². The highest BCUT2D eigenvalue weighted by Gasteiger charge is 2.28. The van der Waals surface area contributed by atoms with Gasteiger partial charge in [0.25, 0.3) is 0 Å². The molecule has 0 aliphatic heterocycles. The van der Waals surface area contributed by atoms with Crippen molar-refractivity contribution >= 4 is 18.5 Å². The zero-order valence-electron chi connectivity index (χ0n) is 14.3. The minimum Gasteiger partial charge on any atom is -0.0654 e. The monoisotopic (exact) mass is 312 g/mol. The smallest absolute Gasteiger partial charge is 0.0191 e. The van der Waals surface area contributed by atoms with Gasteiger partial charge in [-0.25, -0.2) is 0 Å². The molecule has 0 atom stereocenters. The van der Waals surface area contributed by atoms with Crippen LogP contribution in [0.5, 0.6) is 0 Å². The Labute approximate surface area is 137 Å². The maximum atomic E-state index is 2.50. The molecule has 2 aromatic rings. The van der Waals surface area contributed by atoms with Crippen LogP contribution in [0.4, 0.5) is 0 Å². The number of hydrogen-bond donors (Lipinski definition) is 0. The first-order chi connectivity index (χ1) is 10.7. The minimum absolute atomic E-state index is 0.262. The fourth-order valence-electron chi connectivity index (χ4n) is 3.42. The highest BCUT2D eigenvalue weighted by atomic mass is 31.1. The molecule has 0 aliphatic carbocycles. The summed E-state index contributed by atoms with van der Waals surface area (Å²) < 4.78 is 0. The lowest BCUT2D eigenvalue weighted by atomic mass is 9.83. The van der Waals surface area contributed by atoms with Gasteiger partial charge < -0.3 is 0 Å². The predicted molar refractivity (Wildman–Crippen MR) is 102 cm³/mol. The Balaban J connectivity index is 2.32. The average Bonchev–Trinajstić information content (AvgIpc) is 2.55. The van der Waals surface area contributed by atoms with Crippen LogP contribution in [0.15, 0.2) is 60.7 Å². The molecule has 22 heavy (non-hydrogen) atoms. The number of hydrogen-bond acceptors (Lipinski definition) is 0. The van der Waals surface area contributed by atoms with E-state index in [-0.39, 0.29) is 7.92 Å². The Morgan fingerprint density at radius 3 is 1.50 bits per heavy atom. The Morgan fingerprint density at radius 1 is 0.727 bits per heavy atom. The van der Waals surface area contributed by atoms with E-state index in [0.717, 1.165) is 0 Å². The molecule has 0 aliphatic rings. The molecule has 1 heteroatoms. The van der Waals surface area contributed by atoms with Crippen LogP contribution in [-0.2, 0) is 0 Å². The molecule has 0 N–H and O–H groups in total. The van der Waals surface area contributed by atoms with E-state index < -0.39 is 0 Å². The quantitative estimate of drug-likeness (QED) is 0.546. The third-order valence-electron chi connectivity index (χ3n) is 4.38. The van der Waals surface area contributed by atoms with Crippen molar-refractivity contribution in [2.45, 2.75) is 46.5 Å². The van der Waals surface area contributed by atoms with Crippen molar-refractivity contribution in [2.24, 2.45) is 5.41 Å². The van der Waals surface area contributed by atoms with Crippen LogP contribution in [0.3, 0.4) is 0 Å². The summed E-state index contributed by atoms with van der Waals surface area (Å²) in [4.78, 5) is 0. The second-order valence-corrected chi connectivity index (χ2v) is 8.77. The molecule has 0 aromatic heterocycles. The molecular weight excluding hydrogens is 283 g/mol. The highest BCUT2D eigenvalue weighted by Crippen LogP contribution is 2.44. The first-order valence-electron chi connectivity index (χ1n) is 8.56. The SMILES string of the molecule is CCCC(C)(CCC)CP(c1ccccc1)c1ccccc1. The minimum atomic E-state index is -0.262. The van der Waals surface area contributed by atoms with Gasteiger partial charge in [0.15, 0.2) is 0 Å². The maximum absolute atomic E-state index is 2.50. The van der Waals surface area contributed by atoms with E-state index in [1.165, 1.54) is 42.5 Å². The molecule has 2 rings (SSSR count). The Bertz CT molecular complexity index is 487. The lowest BCUT2D eigenvalue weighted by Crippen LogP contribution is -2.26. The van der Waals surface area contributed by atoms with Crippen molar-refractivity contribution in [3.8, 4) is 0 Å². The standard InChI is InChI=1S/C21H29P/c1-4-16-21(3,17-5-2)18-22(19-12-8-6-9-13-19)20-14-10-7-11-15-20/h6-15H,4-5,16-18H2,1-3H3. The average molecular weight is 312 g/mol. The van der Waals surface area contributed by atoms with Gasteiger partial charge in [0.1, 0.15) is 0 Å². The first kappa shape index (κ1) is 17.2. The predicted octanol–water partition coefficient (Wildman–Crippen LogP) is 5.73. The van der Waals surface area contributed by atoms with Crippen molar-refractivity contribution in [3.63, 3.8) is 0 Å². The van der Waals surface area contributed by atoms with Crippen LogP contribution in [0.2, 0.25) is 0 Å². The molecule has 0 nitrogen and oxygen atoms in total. The first-order valence-corrected chi connectivity index (χ1v) is 10.1. The van der Waals surface area contributed by atoms with Crippen LogP contribution >= 0.6 is 7.92 Å². The molecule has 0 saturated carbocycles. The van der Waals surface area contributed by atoms with Crippen molar-refractivity contribution in [3.05, 3.63) is 60.7 Å². The van der Waals surface area contributed by atoms with Crippen molar-refractivity contribution < 1.29 is 0 Å². The van der Waals surface area contributed by atoms with E-state index in [0.29, 0.717) is 5.41 Å².